The SMILES string of the molecule is CC(C)(C(=O)N1CCC2CCC(C1)N2)c1ccc(Cl)cc1.Cl. The van der Waals surface area contributed by atoms with E-state index in [1.165, 1.54) is 12.8 Å². The maximum atomic E-state index is 13.0. The highest BCUT2D eigenvalue weighted by molar-refractivity contribution is 6.30. The van der Waals surface area contributed by atoms with Crippen LogP contribution >= 0.6 is 24.0 Å². The van der Waals surface area contributed by atoms with Crippen LogP contribution in [0.3, 0.4) is 0 Å². The van der Waals surface area contributed by atoms with Gasteiger partial charge in [0.05, 0.1) is 5.41 Å². The first-order valence-corrected chi connectivity index (χ1v) is 8.16. The van der Waals surface area contributed by atoms with Crippen LogP contribution in [0, 0.1) is 0 Å². The summed E-state index contributed by atoms with van der Waals surface area (Å²) < 4.78 is 0. The Morgan fingerprint density at radius 3 is 2.50 bits per heavy atom. The van der Waals surface area contributed by atoms with E-state index in [9.17, 15) is 4.79 Å². The number of halogens is 2. The molecule has 1 aromatic rings. The summed E-state index contributed by atoms with van der Waals surface area (Å²) >= 11 is 5.95. The summed E-state index contributed by atoms with van der Waals surface area (Å²) in [6, 6.07) is 8.72. The van der Waals surface area contributed by atoms with Gasteiger partial charge in [-0.15, -0.1) is 12.4 Å². The smallest absolute Gasteiger partial charge is 0.232 e. The van der Waals surface area contributed by atoms with Gasteiger partial charge in [0, 0.05) is 30.2 Å². The van der Waals surface area contributed by atoms with Gasteiger partial charge in [0.25, 0.3) is 0 Å². The Balaban J connectivity index is 0.00000176. The Morgan fingerprint density at radius 2 is 1.82 bits per heavy atom. The average Bonchev–Trinajstić information content (AvgIpc) is 2.78. The quantitative estimate of drug-likeness (QED) is 0.893. The lowest BCUT2D eigenvalue weighted by Crippen LogP contribution is -2.47. The standard InChI is InChI=1S/C17H23ClN2O.ClH/c1-17(2,12-3-5-13(18)6-4-12)16(21)20-10-9-14-7-8-15(11-20)19-14;/h3-6,14-15,19H,7-11H2,1-2H3;1H. The third-order valence-corrected chi connectivity index (χ3v) is 5.16. The zero-order valence-electron chi connectivity index (χ0n) is 13.1. The van der Waals surface area contributed by atoms with Gasteiger partial charge in [-0.3, -0.25) is 4.79 Å². The van der Waals surface area contributed by atoms with E-state index in [2.05, 4.69) is 5.32 Å². The lowest BCUT2D eigenvalue weighted by atomic mass is 9.83. The van der Waals surface area contributed by atoms with Gasteiger partial charge in [-0.25, -0.2) is 0 Å². The van der Waals surface area contributed by atoms with Crippen molar-refractivity contribution in [3.8, 4) is 0 Å². The molecule has 3 nitrogen and oxygen atoms in total. The Labute approximate surface area is 143 Å². The monoisotopic (exact) mass is 342 g/mol. The van der Waals surface area contributed by atoms with E-state index in [-0.39, 0.29) is 18.3 Å². The first-order chi connectivity index (χ1) is 9.96. The number of fused-ring (bicyclic) bond motifs is 2. The van der Waals surface area contributed by atoms with E-state index in [4.69, 9.17) is 11.6 Å². The zero-order chi connectivity index (χ0) is 15.0. The van der Waals surface area contributed by atoms with Crippen molar-refractivity contribution in [3.63, 3.8) is 0 Å². The maximum Gasteiger partial charge on any atom is 0.232 e. The second kappa shape index (κ2) is 6.77. The summed E-state index contributed by atoms with van der Waals surface area (Å²) in [5.74, 6) is 0.221. The van der Waals surface area contributed by atoms with Crippen molar-refractivity contribution >= 4 is 29.9 Å². The summed E-state index contributed by atoms with van der Waals surface area (Å²) in [5.41, 5.74) is 0.521. The molecule has 0 saturated carbocycles. The number of rotatable bonds is 2. The molecule has 0 aromatic heterocycles. The molecule has 2 bridgehead atoms. The maximum absolute atomic E-state index is 13.0. The van der Waals surface area contributed by atoms with Crippen molar-refractivity contribution in [2.45, 2.75) is 50.6 Å². The normalized spacial score (nSPS) is 24.6. The highest BCUT2D eigenvalue weighted by Crippen LogP contribution is 2.29. The number of likely N-dealkylation sites (tertiary alicyclic amines) is 1. The molecule has 22 heavy (non-hydrogen) atoms. The molecule has 2 heterocycles. The van der Waals surface area contributed by atoms with Gasteiger partial charge >= 0.3 is 0 Å². The second-order valence-corrected chi connectivity index (χ2v) is 7.25. The number of hydrogen-bond acceptors (Lipinski definition) is 2. The van der Waals surface area contributed by atoms with Crippen LogP contribution in [0.4, 0.5) is 0 Å². The van der Waals surface area contributed by atoms with E-state index in [0.717, 1.165) is 25.1 Å². The molecular weight excluding hydrogens is 319 g/mol. The minimum atomic E-state index is -0.506. The summed E-state index contributed by atoms with van der Waals surface area (Å²) in [4.78, 5) is 15.0. The van der Waals surface area contributed by atoms with Gasteiger partial charge in [0.1, 0.15) is 0 Å². The molecule has 2 aliphatic heterocycles. The zero-order valence-corrected chi connectivity index (χ0v) is 14.7. The summed E-state index contributed by atoms with van der Waals surface area (Å²) in [6.07, 6.45) is 3.52. The van der Waals surface area contributed by atoms with Crippen LogP contribution in [0.2, 0.25) is 5.02 Å². The molecule has 2 fully saturated rings. The van der Waals surface area contributed by atoms with E-state index < -0.39 is 5.41 Å². The lowest BCUT2D eigenvalue weighted by molar-refractivity contribution is -0.136. The van der Waals surface area contributed by atoms with Crippen LogP contribution in [-0.4, -0.2) is 36.0 Å². The predicted octanol–water partition coefficient (Wildman–Crippen LogP) is 3.39. The van der Waals surface area contributed by atoms with Crippen LogP contribution < -0.4 is 5.32 Å². The van der Waals surface area contributed by atoms with Crippen LogP contribution in [0.5, 0.6) is 0 Å². The Kier molecular flexibility index (Phi) is 5.41. The Hall–Kier alpha value is -0.770. The van der Waals surface area contributed by atoms with E-state index in [1.807, 2.05) is 43.0 Å². The number of nitrogens with zero attached hydrogens (tertiary/aromatic N) is 1. The number of carbonyl (C=O) groups excluding carboxylic acids is 1. The summed E-state index contributed by atoms with van der Waals surface area (Å²) in [6.45, 7) is 5.72. The van der Waals surface area contributed by atoms with Crippen molar-refractivity contribution in [2.24, 2.45) is 0 Å². The van der Waals surface area contributed by atoms with Crippen LogP contribution in [0.15, 0.2) is 24.3 Å². The van der Waals surface area contributed by atoms with Gasteiger partial charge in [0.15, 0.2) is 0 Å². The number of amides is 1. The van der Waals surface area contributed by atoms with E-state index >= 15 is 0 Å². The minimum Gasteiger partial charge on any atom is -0.340 e. The van der Waals surface area contributed by atoms with E-state index in [1.54, 1.807) is 0 Å². The van der Waals surface area contributed by atoms with Crippen molar-refractivity contribution in [3.05, 3.63) is 34.9 Å². The number of carbonyl (C=O) groups is 1. The Bertz CT molecular complexity index is 530. The van der Waals surface area contributed by atoms with Crippen LogP contribution in [-0.2, 0) is 10.2 Å². The lowest BCUT2D eigenvalue weighted by Gasteiger charge is -2.33. The van der Waals surface area contributed by atoms with E-state index in [0.29, 0.717) is 17.1 Å². The topological polar surface area (TPSA) is 32.3 Å². The highest BCUT2D eigenvalue weighted by Gasteiger charge is 2.37. The molecule has 0 aliphatic carbocycles. The minimum absolute atomic E-state index is 0. The van der Waals surface area contributed by atoms with Crippen molar-refractivity contribution in [1.82, 2.24) is 10.2 Å². The molecule has 5 heteroatoms. The van der Waals surface area contributed by atoms with Gasteiger partial charge in [0.2, 0.25) is 5.91 Å². The fraction of sp³-hybridized carbons (Fsp3) is 0.588. The van der Waals surface area contributed by atoms with Crippen LogP contribution in [0.1, 0.15) is 38.7 Å². The largest absolute Gasteiger partial charge is 0.340 e. The summed E-state index contributed by atoms with van der Waals surface area (Å²) in [7, 11) is 0. The fourth-order valence-corrected chi connectivity index (χ4v) is 3.64. The molecule has 2 unspecified atom stereocenters. The molecule has 3 rings (SSSR count). The molecule has 0 spiro atoms. The molecular formula is C17H24Cl2N2O. The molecule has 1 amide bonds. The molecule has 1 aromatic carbocycles. The second-order valence-electron chi connectivity index (χ2n) is 6.81. The highest BCUT2D eigenvalue weighted by atomic mass is 35.5. The number of benzene rings is 1. The first-order valence-electron chi connectivity index (χ1n) is 7.78. The third-order valence-electron chi connectivity index (χ3n) is 4.91. The fourth-order valence-electron chi connectivity index (χ4n) is 3.51. The molecule has 2 atom stereocenters. The van der Waals surface area contributed by atoms with Crippen LogP contribution in [0.25, 0.3) is 0 Å². The van der Waals surface area contributed by atoms with Gasteiger partial charge in [-0.05, 0) is 50.8 Å². The van der Waals surface area contributed by atoms with Gasteiger partial charge in [-0.2, -0.15) is 0 Å². The Morgan fingerprint density at radius 1 is 1.18 bits per heavy atom. The molecule has 2 saturated heterocycles. The molecule has 122 valence electrons. The van der Waals surface area contributed by atoms with Gasteiger partial charge < -0.3 is 10.2 Å². The average molecular weight is 343 g/mol. The molecule has 0 radical (unpaired) electrons. The molecule has 1 N–H and O–H groups in total. The molecule has 2 aliphatic rings. The predicted molar refractivity (Wildman–Crippen MR) is 92.9 cm³/mol. The first kappa shape index (κ1) is 17.6. The van der Waals surface area contributed by atoms with Crippen molar-refractivity contribution in [1.29, 1.82) is 0 Å². The number of hydrogen-bond donors (Lipinski definition) is 1. The van der Waals surface area contributed by atoms with Gasteiger partial charge in [-0.1, -0.05) is 23.7 Å². The summed E-state index contributed by atoms with van der Waals surface area (Å²) in [5, 5.41) is 4.33. The number of nitrogens with one attached hydrogen (secondary N) is 1. The van der Waals surface area contributed by atoms with Crippen molar-refractivity contribution < 1.29 is 4.79 Å². The third kappa shape index (κ3) is 3.42. The van der Waals surface area contributed by atoms with Crippen molar-refractivity contribution in [2.75, 3.05) is 13.1 Å².